The fourth-order valence-corrected chi connectivity index (χ4v) is 2.21. The highest BCUT2D eigenvalue weighted by molar-refractivity contribution is 7.45. The number of allylic oxidation sites excluding steroid dienone is 2. The maximum Gasteiger partial charge on any atom is 0.466 e. The van der Waals surface area contributed by atoms with Gasteiger partial charge in [-0.1, -0.05) is 11.6 Å². The zero-order valence-corrected chi connectivity index (χ0v) is 14.8. The number of carbonyl (C=O) groups excluding carboxylic acids is 2. The predicted molar refractivity (Wildman–Crippen MR) is 90.8 cm³/mol. The molecular weight excluding hydrogens is 367 g/mol. The molecule has 0 saturated heterocycles. The molecule has 1 aliphatic rings. The molecule has 0 aliphatic heterocycles. The monoisotopic (exact) mass is 386 g/mol. The number of phenolic OH excluding ortho intramolecular Hbond substituents is 2. The van der Waals surface area contributed by atoms with Crippen LogP contribution in [0, 0.1) is 0 Å². The normalized spacial score (nSPS) is 14.6. The van der Waals surface area contributed by atoms with Crippen molar-refractivity contribution in [1.82, 2.24) is 0 Å². The summed E-state index contributed by atoms with van der Waals surface area (Å²) in [7, 11) is -4.64. The standard InChI is InChI=1S/C16H16O5.H3O4P/c1-8(2)3-4-10(17)9-7-13(20)14-11(18)5-6-12(19)15(14)16(9)21;1-5(2,3)4/h3,5-7,10,17-19H,4H2,1-2H3;(H3,1,2,3,4). The van der Waals surface area contributed by atoms with Crippen molar-refractivity contribution in [2.75, 3.05) is 0 Å². The number of fused-ring (bicyclic) bond motifs is 1. The van der Waals surface area contributed by atoms with Crippen molar-refractivity contribution in [2.45, 2.75) is 26.4 Å². The Hall–Kier alpha value is -2.29. The van der Waals surface area contributed by atoms with Crippen LogP contribution in [0.1, 0.15) is 41.0 Å². The Kier molecular flexibility index (Phi) is 7.02. The molecule has 26 heavy (non-hydrogen) atoms. The minimum Gasteiger partial charge on any atom is -0.507 e. The topological polar surface area (TPSA) is 173 Å². The van der Waals surface area contributed by atoms with Crippen molar-refractivity contribution in [3.05, 3.63) is 46.6 Å². The molecule has 0 spiro atoms. The smallest absolute Gasteiger partial charge is 0.466 e. The summed E-state index contributed by atoms with van der Waals surface area (Å²) in [6, 6.07) is 2.29. The lowest BCUT2D eigenvalue weighted by Crippen LogP contribution is -2.25. The van der Waals surface area contributed by atoms with E-state index in [2.05, 4.69) is 0 Å². The number of phosphoric acid groups is 1. The van der Waals surface area contributed by atoms with E-state index in [-0.39, 0.29) is 34.6 Å². The van der Waals surface area contributed by atoms with E-state index in [0.29, 0.717) is 0 Å². The maximum absolute atomic E-state index is 12.3. The highest BCUT2D eigenvalue weighted by Gasteiger charge is 2.33. The number of ketones is 2. The molecule has 1 aromatic carbocycles. The van der Waals surface area contributed by atoms with E-state index in [1.54, 1.807) is 6.08 Å². The summed E-state index contributed by atoms with van der Waals surface area (Å²) >= 11 is 0. The zero-order valence-electron chi connectivity index (χ0n) is 13.9. The van der Waals surface area contributed by atoms with E-state index in [9.17, 15) is 24.9 Å². The summed E-state index contributed by atoms with van der Waals surface area (Å²) in [5.74, 6) is -2.01. The van der Waals surface area contributed by atoms with Gasteiger partial charge in [0.1, 0.15) is 11.5 Å². The third-order valence-electron chi connectivity index (χ3n) is 3.29. The Morgan fingerprint density at radius 1 is 1.08 bits per heavy atom. The van der Waals surface area contributed by atoms with E-state index in [0.717, 1.165) is 23.8 Å². The number of hydrogen-bond donors (Lipinski definition) is 6. The molecule has 1 atom stereocenters. The first-order chi connectivity index (χ1) is 11.8. The molecule has 1 aliphatic carbocycles. The summed E-state index contributed by atoms with van der Waals surface area (Å²) in [6.45, 7) is 3.71. The van der Waals surface area contributed by atoms with Gasteiger partial charge in [0.25, 0.3) is 0 Å². The molecule has 0 radical (unpaired) electrons. The van der Waals surface area contributed by atoms with Gasteiger partial charge in [-0.2, -0.15) is 0 Å². The summed E-state index contributed by atoms with van der Waals surface area (Å²) < 4.78 is 8.88. The van der Waals surface area contributed by atoms with Crippen LogP contribution in [0.25, 0.3) is 0 Å². The van der Waals surface area contributed by atoms with Gasteiger partial charge >= 0.3 is 7.82 Å². The Morgan fingerprint density at radius 2 is 1.54 bits per heavy atom. The van der Waals surface area contributed by atoms with Crippen LogP contribution in [0.5, 0.6) is 11.5 Å². The van der Waals surface area contributed by atoms with Gasteiger partial charge in [0.05, 0.1) is 17.2 Å². The molecule has 0 amide bonds. The van der Waals surface area contributed by atoms with Crippen molar-refractivity contribution in [3.63, 3.8) is 0 Å². The predicted octanol–water partition coefficient (Wildman–Crippen LogP) is 1.19. The minimum atomic E-state index is -4.64. The summed E-state index contributed by atoms with van der Waals surface area (Å²) in [5, 5.41) is 29.5. The van der Waals surface area contributed by atoms with Crippen LogP contribution < -0.4 is 0 Å². The zero-order chi connectivity index (χ0) is 20.2. The van der Waals surface area contributed by atoms with Crippen molar-refractivity contribution >= 4 is 19.4 Å². The lowest BCUT2D eigenvalue weighted by molar-refractivity contribution is 0.0943. The van der Waals surface area contributed by atoms with Crippen molar-refractivity contribution in [1.29, 1.82) is 0 Å². The molecule has 6 N–H and O–H groups in total. The van der Waals surface area contributed by atoms with Crippen LogP contribution in [-0.4, -0.2) is 47.7 Å². The van der Waals surface area contributed by atoms with Gasteiger partial charge in [0.2, 0.25) is 0 Å². The van der Waals surface area contributed by atoms with Gasteiger partial charge < -0.3 is 30.0 Å². The number of carbonyl (C=O) groups is 2. The fourth-order valence-electron chi connectivity index (χ4n) is 2.21. The van der Waals surface area contributed by atoms with Gasteiger partial charge in [-0.3, -0.25) is 9.59 Å². The largest absolute Gasteiger partial charge is 0.507 e. The first kappa shape index (κ1) is 21.8. The molecule has 1 unspecified atom stereocenters. The number of aliphatic hydroxyl groups excluding tert-OH is 1. The number of Topliss-reactive ketones (excluding diaryl/α,β-unsaturated/α-hetero) is 1. The quantitative estimate of drug-likeness (QED) is 0.253. The van der Waals surface area contributed by atoms with Crippen molar-refractivity contribution in [2.24, 2.45) is 0 Å². The van der Waals surface area contributed by atoms with E-state index < -0.39 is 25.5 Å². The van der Waals surface area contributed by atoms with E-state index in [1.807, 2.05) is 13.8 Å². The first-order valence-corrected chi connectivity index (χ1v) is 8.84. The van der Waals surface area contributed by atoms with E-state index >= 15 is 0 Å². The number of rotatable bonds is 3. The van der Waals surface area contributed by atoms with Gasteiger partial charge in [0, 0.05) is 5.57 Å². The Morgan fingerprint density at radius 3 is 2.00 bits per heavy atom. The van der Waals surface area contributed by atoms with Gasteiger partial charge in [-0.25, -0.2) is 4.57 Å². The maximum atomic E-state index is 12.3. The van der Waals surface area contributed by atoms with Crippen molar-refractivity contribution < 1.29 is 44.2 Å². The number of aromatic hydroxyl groups is 2. The van der Waals surface area contributed by atoms with Crippen LogP contribution in [-0.2, 0) is 4.57 Å². The highest BCUT2D eigenvalue weighted by Crippen LogP contribution is 2.35. The van der Waals surface area contributed by atoms with Crippen molar-refractivity contribution in [3.8, 4) is 11.5 Å². The number of phenols is 2. The second-order valence-electron chi connectivity index (χ2n) is 5.69. The minimum absolute atomic E-state index is 0.0779. The molecule has 0 fully saturated rings. The molecular formula is C16H19O9P. The number of hydrogen-bond acceptors (Lipinski definition) is 6. The van der Waals surface area contributed by atoms with Crippen LogP contribution in [0.2, 0.25) is 0 Å². The molecule has 10 heteroatoms. The summed E-state index contributed by atoms with van der Waals surface area (Å²) in [4.78, 5) is 45.9. The Bertz CT molecular complexity index is 820. The fraction of sp³-hybridized carbons (Fsp3) is 0.250. The van der Waals surface area contributed by atoms with Crippen LogP contribution >= 0.6 is 7.82 Å². The third-order valence-corrected chi connectivity index (χ3v) is 3.29. The number of aliphatic hydroxyl groups is 1. The molecule has 0 aromatic heterocycles. The Balaban J connectivity index is 0.000000597. The molecule has 0 heterocycles. The lowest BCUT2D eigenvalue weighted by atomic mass is 9.85. The summed E-state index contributed by atoms with van der Waals surface area (Å²) in [5.41, 5.74) is 0.419. The molecule has 1 aromatic rings. The van der Waals surface area contributed by atoms with Gasteiger partial charge in [-0.05, 0) is 38.5 Å². The van der Waals surface area contributed by atoms with Crippen LogP contribution in [0.3, 0.4) is 0 Å². The van der Waals surface area contributed by atoms with E-state index in [1.165, 1.54) is 0 Å². The average Bonchev–Trinajstić information content (AvgIpc) is 2.49. The molecule has 142 valence electrons. The third kappa shape index (κ3) is 5.91. The number of benzene rings is 1. The lowest BCUT2D eigenvalue weighted by Gasteiger charge is -2.20. The molecule has 0 saturated carbocycles. The van der Waals surface area contributed by atoms with Gasteiger partial charge in [0.15, 0.2) is 11.6 Å². The van der Waals surface area contributed by atoms with Crippen LogP contribution in [0.4, 0.5) is 0 Å². The molecule has 0 bridgehead atoms. The van der Waals surface area contributed by atoms with Crippen LogP contribution in [0.15, 0.2) is 35.4 Å². The molecule has 9 nitrogen and oxygen atoms in total. The second-order valence-corrected chi connectivity index (χ2v) is 6.72. The SMILES string of the molecule is CC(C)=CCC(O)C1=CC(=O)c2c(O)ccc(O)c2C1=O.O=P(O)(O)O. The first-order valence-electron chi connectivity index (χ1n) is 7.28. The van der Waals surface area contributed by atoms with Gasteiger partial charge in [-0.15, -0.1) is 0 Å². The Labute approximate surface area is 148 Å². The molecule has 2 rings (SSSR count). The van der Waals surface area contributed by atoms with E-state index in [4.69, 9.17) is 19.2 Å². The second kappa shape index (κ2) is 8.39. The highest BCUT2D eigenvalue weighted by atomic mass is 31.2. The average molecular weight is 386 g/mol. The summed E-state index contributed by atoms with van der Waals surface area (Å²) in [6.07, 6.45) is 1.84.